The van der Waals surface area contributed by atoms with Crippen molar-refractivity contribution in [3.8, 4) is 0 Å². The number of rotatable bonds is 1. The Morgan fingerprint density at radius 3 is 2.89 bits per heavy atom. The van der Waals surface area contributed by atoms with Crippen LogP contribution >= 0.6 is 11.6 Å². The summed E-state index contributed by atoms with van der Waals surface area (Å²) in [7, 11) is 1.39. The van der Waals surface area contributed by atoms with E-state index in [4.69, 9.17) is 16.3 Å². The first-order valence-electron chi connectivity index (χ1n) is 6.12. The lowest BCUT2D eigenvalue weighted by Crippen LogP contribution is -2.05. The van der Waals surface area contributed by atoms with Gasteiger partial charge in [-0.25, -0.2) is 4.79 Å². The van der Waals surface area contributed by atoms with Gasteiger partial charge in [-0.15, -0.1) is 0 Å². The van der Waals surface area contributed by atoms with E-state index in [1.807, 2.05) is 6.07 Å². The Morgan fingerprint density at radius 2 is 2.11 bits per heavy atom. The molecule has 18 heavy (non-hydrogen) atoms. The Hall–Kier alpha value is -1.48. The number of ether oxygens (including phenoxy) is 1. The summed E-state index contributed by atoms with van der Waals surface area (Å²) in [4.78, 5) is 15.3. The smallest absolute Gasteiger partial charge is 0.340 e. The largest absolute Gasteiger partial charge is 0.465 e. The average molecular weight is 264 g/mol. The number of hydrogen-bond donors (Lipinski definition) is 1. The summed E-state index contributed by atoms with van der Waals surface area (Å²) in [5.74, 6) is -0.363. The van der Waals surface area contributed by atoms with Gasteiger partial charge in [0.15, 0.2) is 0 Å². The number of aromatic nitrogens is 1. The minimum atomic E-state index is -0.363. The number of carbonyl (C=O) groups excluding carboxylic acids is 1. The van der Waals surface area contributed by atoms with Crippen LogP contribution in [0, 0.1) is 0 Å². The maximum atomic E-state index is 11.9. The second-order valence-corrected chi connectivity index (χ2v) is 5.03. The predicted molar refractivity (Wildman–Crippen MR) is 71.3 cm³/mol. The fourth-order valence-corrected chi connectivity index (χ4v) is 3.01. The summed E-state index contributed by atoms with van der Waals surface area (Å²) in [6.07, 6.45) is 4.40. The second kappa shape index (κ2) is 4.32. The molecule has 1 N–H and O–H groups in total. The highest BCUT2D eigenvalue weighted by atomic mass is 35.5. The first kappa shape index (κ1) is 11.6. The molecule has 0 bridgehead atoms. The van der Waals surface area contributed by atoms with Gasteiger partial charge in [0.1, 0.15) is 0 Å². The molecular weight excluding hydrogens is 250 g/mol. The van der Waals surface area contributed by atoms with Gasteiger partial charge in [0.2, 0.25) is 0 Å². The first-order chi connectivity index (χ1) is 8.72. The molecule has 0 fully saturated rings. The van der Waals surface area contributed by atoms with Crippen molar-refractivity contribution in [2.45, 2.75) is 25.7 Å². The highest BCUT2D eigenvalue weighted by molar-refractivity contribution is 6.35. The van der Waals surface area contributed by atoms with Gasteiger partial charge in [-0.05, 0) is 43.4 Å². The van der Waals surface area contributed by atoms with Gasteiger partial charge in [0.05, 0.1) is 17.7 Å². The maximum absolute atomic E-state index is 11.9. The SMILES string of the molecule is COC(=O)c1c(Cl)ccc2[nH]c3c(c12)CCCC3. The molecule has 0 unspecified atom stereocenters. The third-order valence-corrected chi connectivity index (χ3v) is 3.91. The molecular formula is C14H14ClNO2. The molecule has 0 amide bonds. The first-order valence-corrected chi connectivity index (χ1v) is 6.50. The number of aryl methyl sites for hydroxylation is 2. The Kier molecular flexibility index (Phi) is 2.78. The van der Waals surface area contributed by atoms with E-state index in [0.29, 0.717) is 10.6 Å². The molecule has 0 radical (unpaired) electrons. The van der Waals surface area contributed by atoms with Crippen LogP contribution in [-0.4, -0.2) is 18.1 Å². The van der Waals surface area contributed by atoms with Crippen LogP contribution in [0.25, 0.3) is 10.9 Å². The van der Waals surface area contributed by atoms with Crippen LogP contribution in [0.4, 0.5) is 0 Å². The lowest BCUT2D eigenvalue weighted by Gasteiger charge is -2.12. The van der Waals surface area contributed by atoms with E-state index in [9.17, 15) is 4.79 Å². The van der Waals surface area contributed by atoms with Crippen LogP contribution in [0.1, 0.15) is 34.5 Å². The molecule has 1 aliphatic rings. The van der Waals surface area contributed by atoms with E-state index in [1.165, 1.54) is 24.8 Å². The average Bonchev–Trinajstić information content (AvgIpc) is 2.76. The molecule has 0 aliphatic heterocycles. The maximum Gasteiger partial charge on any atom is 0.340 e. The zero-order valence-electron chi connectivity index (χ0n) is 10.2. The topological polar surface area (TPSA) is 42.1 Å². The molecule has 1 heterocycles. The van der Waals surface area contributed by atoms with E-state index < -0.39 is 0 Å². The van der Waals surface area contributed by atoms with Crippen LogP contribution in [0.5, 0.6) is 0 Å². The molecule has 3 rings (SSSR count). The van der Waals surface area contributed by atoms with Gasteiger partial charge in [-0.1, -0.05) is 11.6 Å². The van der Waals surface area contributed by atoms with Crippen molar-refractivity contribution in [1.29, 1.82) is 0 Å². The molecule has 4 heteroatoms. The number of H-pyrrole nitrogens is 1. The Balaban J connectivity index is 2.35. The monoisotopic (exact) mass is 263 g/mol. The highest BCUT2D eigenvalue weighted by Crippen LogP contribution is 2.34. The number of nitrogens with one attached hydrogen (secondary N) is 1. The minimum Gasteiger partial charge on any atom is -0.465 e. The van der Waals surface area contributed by atoms with Crippen LogP contribution in [-0.2, 0) is 17.6 Å². The van der Waals surface area contributed by atoms with Gasteiger partial charge in [0.25, 0.3) is 0 Å². The number of fused-ring (bicyclic) bond motifs is 3. The lowest BCUT2D eigenvalue weighted by molar-refractivity contribution is 0.0603. The van der Waals surface area contributed by atoms with E-state index in [0.717, 1.165) is 30.2 Å². The molecule has 0 saturated carbocycles. The van der Waals surface area contributed by atoms with Gasteiger partial charge in [-0.2, -0.15) is 0 Å². The normalized spacial score (nSPS) is 14.6. The highest BCUT2D eigenvalue weighted by Gasteiger charge is 2.23. The fraction of sp³-hybridized carbons (Fsp3) is 0.357. The molecule has 0 saturated heterocycles. The van der Waals surface area contributed by atoms with Gasteiger partial charge in [0, 0.05) is 16.6 Å². The molecule has 94 valence electrons. The van der Waals surface area contributed by atoms with Crippen molar-refractivity contribution in [1.82, 2.24) is 4.98 Å². The van der Waals surface area contributed by atoms with Gasteiger partial charge in [-0.3, -0.25) is 0 Å². The van der Waals surface area contributed by atoms with E-state index in [1.54, 1.807) is 6.07 Å². The number of benzene rings is 1. The zero-order chi connectivity index (χ0) is 12.7. The molecule has 0 spiro atoms. The van der Waals surface area contributed by atoms with Crippen LogP contribution < -0.4 is 0 Å². The third kappa shape index (κ3) is 1.62. The van der Waals surface area contributed by atoms with Crippen molar-refractivity contribution in [2.24, 2.45) is 0 Å². The lowest BCUT2D eigenvalue weighted by atomic mass is 9.94. The Labute approximate surface area is 110 Å². The van der Waals surface area contributed by atoms with Crippen LogP contribution in [0.15, 0.2) is 12.1 Å². The Morgan fingerprint density at radius 1 is 1.33 bits per heavy atom. The number of aromatic amines is 1. The summed E-state index contributed by atoms with van der Waals surface area (Å²) in [5.41, 5.74) is 3.95. The molecule has 1 aromatic heterocycles. The molecule has 1 aromatic carbocycles. The number of halogens is 1. The quantitative estimate of drug-likeness (QED) is 0.801. The molecule has 1 aliphatic carbocycles. The molecule has 0 atom stereocenters. The van der Waals surface area contributed by atoms with E-state index >= 15 is 0 Å². The standard InChI is InChI=1S/C14H14ClNO2/c1-18-14(17)13-9(15)6-7-11-12(13)8-4-2-3-5-10(8)16-11/h6-7,16H,2-5H2,1H3. The molecule has 2 aromatic rings. The zero-order valence-corrected chi connectivity index (χ0v) is 10.9. The van der Waals surface area contributed by atoms with Gasteiger partial charge < -0.3 is 9.72 Å². The van der Waals surface area contributed by atoms with E-state index in [-0.39, 0.29) is 5.97 Å². The van der Waals surface area contributed by atoms with Crippen molar-refractivity contribution in [3.63, 3.8) is 0 Å². The van der Waals surface area contributed by atoms with Crippen LogP contribution in [0.2, 0.25) is 5.02 Å². The van der Waals surface area contributed by atoms with Crippen molar-refractivity contribution in [2.75, 3.05) is 7.11 Å². The van der Waals surface area contributed by atoms with Crippen molar-refractivity contribution in [3.05, 3.63) is 34.0 Å². The van der Waals surface area contributed by atoms with Crippen LogP contribution in [0.3, 0.4) is 0 Å². The fourth-order valence-electron chi connectivity index (χ4n) is 2.78. The number of methoxy groups -OCH3 is 1. The number of carbonyl (C=O) groups is 1. The number of esters is 1. The summed E-state index contributed by atoms with van der Waals surface area (Å²) >= 11 is 6.16. The third-order valence-electron chi connectivity index (χ3n) is 3.60. The summed E-state index contributed by atoms with van der Waals surface area (Å²) in [6.45, 7) is 0. The minimum absolute atomic E-state index is 0.363. The molecule has 3 nitrogen and oxygen atoms in total. The predicted octanol–water partition coefficient (Wildman–Crippen LogP) is 3.49. The van der Waals surface area contributed by atoms with Crippen molar-refractivity contribution >= 4 is 28.5 Å². The van der Waals surface area contributed by atoms with Crippen molar-refractivity contribution < 1.29 is 9.53 Å². The summed E-state index contributed by atoms with van der Waals surface area (Å²) in [5, 5.41) is 1.41. The Bertz CT molecular complexity index is 630. The summed E-state index contributed by atoms with van der Waals surface area (Å²) < 4.78 is 4.85. The second-order valence-electron chi connectivity index (χ2n) is 4.63. The number of hydrogen-bond acceptors (Lipinski definition) is 2. The summed E-state index contributed by atoms with van der Waals surface area (Å²) in [6, 6.07) is 3.68. The van der Waals surface area contributed by atoms with Gasteiger partial charge >= 0.3 is 5.97 Å². The van der Waals surface area contributed by atoms with E-state index in [2.05, 4.69) is 4.98 Å².